The van der Waals surface area contributed by atoms with Crippen molar-refractivity contribution in [1.29, 1.82) is 0 Å². The molecule has 1 saturated heterocycles. The maximum atomic E-state index is 12.3. The van der Waals surface area contributed by atoms with Gasteiger partial charge in [-0.25, -0.2) is 0 Å². The molecule has 0 aromatic heterocycles. The van der Waals surface area contributed by atoms with Crippen LogP contribution in [0.2, 0.25) is 0 Å². The lowest BCUT2D eigenvalue weighted by molar-refractivity contribution is -0.110. The Morgan fingerprint density at radius 2 is 1.79 bits per heavy atom. The van der Waals surface area contributed by atoms with Crippen molar-refractivity contribution in [1.82, 2.24) is 9.80 Å². The Hall–Kier alpha value is -0.710. The van der Waals surface area contributed by atoms with Crippen LogP contribution in [-0.2, 0) is 0 Å². The van der Waals surface area contributed by atoms with E-state index in [-0.39, 0.29) is 0 Å². The fourth-order valence-corrected chi connectivity index (χ4v) is 1.50. The van der Waals surface area contributed by atoms with E-state index in [0.717, 1.165) is 13.0 Å². The number of rotatable bonds is 1. The second kappa shape index (κ2) is 4.21. The van der Waals surface area contributed by atoms with E-state index >= 15 is 0 Å². The van der Waals surface area contributed by atoms with E-state index in [4.69, 9.17) is 0 Å². The Bertz CT molecular complexity index is 213. The highest BCUT2D eigenvalue weighted by Gasteiger charge is 2.36. The van der Waals surface area contributed by atoms with Crippen LogP contribution in [0.15, 0.2) is 12.3 Å². The predicted molar refractivity (Wildman–Crippen MR) is 48.9 cm³/mol. The molecule has 0 aromatic rings. The number of alkyl halides is 3. The molecular formula is C9H15F3N2. The Labute approximate surface area is 82.0 Å². The SMILES string of the molecule is C=C(N1CCCN(C)CC1)C(F)(F)F. The molecule has 0 radical (unpaired) electrons. The molecule has 1 aliphatic heterocycles. The minimum Gasteiger partial charge on any atom is -0.367 e. The Balaban J connectivity index is 2.56. The lowest BCUT2D eigenvalue weighted by Crippen LogP contribution is -2.34. The Morgan fingerprint density at radius 3 is 2.36 bits per heavy atom. The first-order chi connectivity index (χ1) is 6.41. The first-order valence-electron chi connectivity index (χ1n) is 4.61. The highest BCUT2D eigenvalue weighted by molar-refractivity contribution is 5.02. The third kappa shape index (κ3) is 2.90. The van der Waals surface area contributed by atoms with Gasteiger partial charge in [0.15, 0.2) is 0 Å². The number of hydrogen-bond acceptors (Lipinski definition) is 2. The molecule has 82 valence electrons. The average molecular weight is 208 g/mol. The normalized spacial score (nSPS) is 20.7. The smallest absolute Gasteiger partial charge is 0.367 e. The van der Waals surface area contributed by atoms with Crippen LogP contribution in [0, 0.1) is 0 Å². The Kier molecular flexibility index (Phi) is 3.42. The summed E-state index contributed by atoms with van der Waals surface area (Å²) in [6.07, 6.45) is -3.53. The first-order valence-corrected chi connectivity index (χ1v) is 4.61. The topological polar surface area (TPSA) is 6.48 Å². The molecule has 0 unspecified atom stereocenters. The molecular weight excluding hydrogens is 193 g/mol. The van der Waals surface area contributed by atoms with Gasteiger partial charge in [0, 0.05) is 19.6 Å². The molecule has 0 spiro atoms. The summed E-state index contributed by atoms with van der Waals surface area (Å²) < 4.78 is 36.9. The molecule has 0 aliphatic carbocycles. The number of nitrogens with zero attached hydrogens (tertiary/aromatic N) is 2. The van der Waals surface area contributed by atoms with Crippen molar-refractivity contribution < 1.29 is 13.2 Å². The van der Waals surface area contributed by atoms with E-state index in [1.165, 1.54) is 4.90 Å². The minimum atomic E-state index is -4.29. The molecule has 0 bridgehead atoms. The zero-order valence-corrected chi connectivity index (χ0v) is 8.27. The largest absolute Gasteiger partial charge is 0.430 e. The average Bonchev–Trinajstić information content (AvgIpc) is 2.27. The van der Waals surface area contributed by atoms with Gasteiger partial charge in [-0.3, -0.25) is 0 Å². The number of hydrogen-bond donors (Lipinski definition) is 0. The summed E-state index contributed by atoms with van der Waals surface area (Å²) in [6, 6.07) is 0. The molecule has 1 heterocycles. The highest BCUT2D eigenvalue weighted by Crippen LogP contribution is 2.27. The summed E-state index contributed by atoms with van der Waals surface area (Å²) >= 11 is 0. The van der Waals surface area contributed by atoms with Crippen molar-refractivity contribution in [2.75, 3.05) is 33.2 Å². The summed E-state index contributed by atoms with van der Waals surface area (Å²) in [4.78, 5) is 3.35. The van der Waals surface area contributed by atoms with Crippen LogP contribution < -0.4 is 0 Å². The van der Waals surface area contributed by atoms with Gasteiger partial charge in [0.2, 0.25) is 0 Å². The lowest BCUT2D eigenvalue weighted by atomic mass is 10.3. The molecule has 0 saturated carbocycles. The van der Waals surface area contributed by atoms with Crippen molar-refractivity contribution in [2.24, 2.45) is 0 Å². The molecule has 0 amide bonds. The van der Waals surface area contributed by atoms with Gasteiger partial charge in [0.1, 0.15) is 5.70 Å². The quantitative estimate of drug-likeness (QED) is 0.647. The fraction of sp³-hybridized carbons (Fsp3) is 0.778. The van der Waals surface area contributed by atoms with Gasteiger partial charge in [-0.15, -0.1) is 0 Å². The second-order valence-electron chi connectivity index (χ2n) is 3.59. The van der Waals surface area contributed by atoms with Crippen molar-refractivity contribution in [3.05, 3.63) is 12.3 Å². The first kappa shape index (κ1) is 11.4. The van der Waals surface area contributed by atoms with Crippen LogP contribution in [0.3, 0.4) is 0 Å². The molecule has 0 aromatic carbocycles. The van der Waals surface area contributed by atoms with Crippen molar-refractivity contribution >= 4 is 0 Å². The number of allylic oxidation sites excluding steroid dienone is 1. The maximum Gasteiger partial charge on any atom is 0.430 e. The predicted octanol–water partition coefficient (Wildman–Crippen LogP) is 1.70. The molecule has 2 nitrogen and oxygen atoms in total. The molecule has 14 heavy (non-hydrogen) atoms. The van der Waals surface area contributed by atoms with Crippen LogP contribution in [0.1, 0.15) is 6.42 Å². The second-order valence-corrected chi connectivity index (χ2v) is 3.59. The number of likely N-dealkylation sites (N-methyl/N-ethyl adjacent to an activating group) is 1. The highest BCUT2D eigenvalue weighted by atomic mass is 19.4. The fourth-order valence-electron chi connectivity index (χ4n) is 1.50. The van der Waals surface area contributed by atoms with Crippen LogP contribution in [0.5, 0.6) is 0 Å². The standard InChI is InChI=1S/C9H15F3N2/c1-8(9(10,11)12)14-5-3-4-13(2)6-7-14/h1,3-7H2,2H3. The van der Waals surface area contributed by atoms with E-state index in [9.17, 15) is 13.2 Å². The maximum absolute atomic E-state index is 12.3. The zero-order valence-electron chi connectivity index (χ0n) is 8.27. The van der Waals surface area contributed by atoms with Gasteiger partial charge >= 0.3 is 6.18 Å². The van der Waals surface area contributed by atoms with Crippen LogP contribution in [0.25, 0.3) is 0 Å². The Morgan fingerprint density at radius 1 is 1.14 bits per heavy atom. The summed E-state index contributed by atoms with van der Waals surface area (Å²) in [5.41, 5.74) is -0.715. The molecule has 1 aliphatic rings. The minimum absolute atomic E-state index is 0.412. The van der Waals surface area contributed by atoms with E-state index in [1.807, 2.05) is 11.9 Å². The molecule has 5 heteroatoms. The van der Waals surface area contributed by atoms with E-state index < -0.39 is 11.9 Å². The molecule has 0 N–H and O–H groups in total. The summed E-state index contributed by atoms with van der Waals surface area (Å²) in [7, 11) is 1.92. The van der Waals surface area contributed by atoms with Gasteiger partial charge in [-0.2, -0.15) is 13.2 Å². The van der Waals surface area contributed by atoms with Crippen LogP contribution in [0.4, 0.5) is 13.2 Å². The van der Waals surface area contributed by atoms with Crippen LogP contribution in [-0.4, -0.2) is 49.2 Å². The van der Waals surface area contributed by atoms with E-state index in [2.05, 4.69) is 6.58 Å². The molecule has 1 rings (SSSR count). The zero-order chi connectivity index (χ0) is 10.8. The number of halogens is 3. The van der Waals surface area contributed by atoms with Crippen LogP contribution >= 0.6 is 0 Å². The molecule has 0 atom stereocenters. The summed E-state index contributed by atoms with van der Waals surface area (Å²) in [6.45, 7) is 5.47. The van der Waals surface area contributed by atoms with Gasteiger partial charge in [0.05, 0.1) is 0 Å². The third-order valence-electron chi connectivity index (χ3n) is 2.43. The summed E-state index contributed by atoms with van der Waals surface area (Å²) in [5, 5.41) is 0. The van der Waals surface area contributed by atoms with E-state index in [1.54, 1.807) is 0 Å². The van der Waals surface area contributed by atoms with Gasteiger partial charge in [-0.05, 0) is 20.0 Å². The third-order valence-corrected chi connectivity index (χ3v) is 2.43. The van der Waals surface area contributed by atoms with Crippen molar-refractivity contribution in [3.63, 3.8) is 0 Å². The van der Waals surface area contributed by atoms with Gasteiger partial charge < -0.3 is 9.80 Å². The van der Waals surface area contributed by atoms with Gasteiger partial charge in [0.25, 0.3) is 0 Å². The monoisotopic (exact) mass is 208 g/mol. The van der Waals surface area contributed by atoms with Crippen molar-refractivity contribution in [2.45, 2.75) is 12.6 Å². The van der Waals surface area contributed by atoms with E-state index in [0.29, 0.717) is 19.6 Å². The summed E-state index contributed by atoms with van der Waals surface area (Å²) in [5.74, 6) is 0. The van der Waals surface area contributed by atoms with Crippen molar-refractivity contribution in [3.8, 4) is 0 Å². The molecule has 1 fully saturated rings. The van der Waals surface area contributed by atoms with Gasteiger partial charge in [-0.1, -0.05) is 6.58 Å². The lowest BCUT2D eigenvalue weighted by Gasteiger charge is -2.26.